The van der Waals surface area contributed by atoms with E-state index < -0.39 is 12.0 Å². The summed E-state index contributed by atoms with van der Waals surface area (Å²) < 4.78 is 0. The third-order valence-corrected chi connectivity index (χ3v) is 4.78. The molecule has 0 saturated carbocycles. The summed E-state index contributed by atoms with van der Waals surface area (Å²) in [5.74, 6) is -0.106. The Bertz CT molecular complexity index is 457. The van der Waals surface area contributed by atoms with E-state index in [1.165, 1.54) is 0 Å². The molecule has 0 radical (unpaired) electrons. The number of aryl methyl sites for hydroxylation is 1. The van der Waals surface area contributed by atoms with Crippen molar-refractivity contribution in [2.24, 2.45) is 0 Å². The molecule has 1 aromatic rings. The Labute approximate surface area is 123 Å². The maximum atomic E-state index is 12.0. The lowest BCUT2D eigenvalue weighted by Gasteiger charge is -2.17. The number of carbonyl (C=O) groups is 2. The molecule has 20 heavy (non-hydrogen) atoms. The first-order valence-corrected chi connectivity index (χ1v) is 7.90. The van der Waals surface area contributed by atoms with E-state index in [4.69, 9.17) is 0 Å². The monoisotopic (exact) mass is 293 g/mol. The van der Waals surface area contributed by atoms with Gasteiger partial charge in [0.25, 0.3) is 0 Å². The van der Waals surface area contributed by atoms with Crippen LogP contribution < -0.4 is 5.32 Å². The zero-order valence-electron chi connectivity index (χ0n) is 11.2. The third kappa shape index (κ3) is 4.27. The van der Waals surface area contributed by atoms with Crippen LogP contribution in [0.2, 0.25) is 0 Å². The van der Waals surface area contributed by atoms with Crippen molar-refractivity contribution < 1.29 is 14.7 Å². The lowest BCUT2D eigenvalue weighted by atomic mass is 10.0. The van der Waals surface area contributed by atoms with Gasteiger partial charge in [-0.15, -0.1) is 11.8 Å². The van der Waals surface area contributed by atoms with Crippen LogP contribution in [-0.4, -0.2) is 34.0 Å². The van der Waals surface area contributed by atoms with Crippen LogP contribution in [-0.2, 0) is 16.0 Å². The Morgan fingerprint density at radius 3 is 2.70 bits per heavy atom. The molecular formula is C15H19NO3S. The first-order valence-electron chi connectivity index (χ1n) is 6.85. The average molecular weight is 293 g/mol. The minimum Gasteiger partial charge on any atom is -0.480 e. The molecule has 2 N–H and O–H groups in total. The number of amides is 1. The van der Waals surface area contributed by atoms with Crippen molar-refractivity contribution in [3.05, 3.63) is 35.9 Å². The zero-order valence-corrected chi connectivity index (χ0v) is 12.1. The van der Waals surface area contributed by atoms with Gasteiger partial charge >= 0.3 is 5.97 Å². The molecule has 2 unspecified atom stereocenters. The highest BCUT2D eigenvalue weighted by Crippen LogP contribution is 2.26. The van der Waals surface area contributed by atoms with E-state index in [9.17, 15) is 14.7 Å². The Hall–Kier alpha value is -1.49. The second-order valence-electron chi connectivity index (χ2n) is 4.93. The van der Waals surface area contributed by atoms with E-state index in [0.29, 0.717) is 12.8 Å². The van der Waals surface area contributed by atoms with Gasteiger partial charge in [0.05, 0.1) is 5.25 Å². The fourth-order valence-electron chi connectivity index (χ4n) is 2.26. The molecule has 0 aliphatic carbocycles. The topological polar surface area (TPSA) is 66.4 Å². The van der Waals surface area contributed by atoms with Crippen LogP contribution in [0.1, 0.15) is 24.8 Å². The molecule has 2 rings (SSSR count). The van der Waals surface area contributed by atoms with E-state index >= 15 is 0 Å². The fourth-order valence-corrected chi connectivity index (χ4v) is 3.43. The summed E-state index contributed by atoms with van der Waals surface area (Å²) >= 11 is 1.61. The van der Waals surface area contributed by atoms with Gasteiger partial charge in [0.2, 0.25) is 5.91 Å². The van der Waals surface area contributed by atoms with Crippen LogP contribution in [0.25, 0.3) is 0 Å². The van der Waals surface area contributed by atoms with E-state index in [-0.39, 0.29) is 11.2 Å². The van der Waals surface area contributed by atoms with Crippen molar-refractivity contribution in [1.82, 2.24) is 5.32 Å². The predicted molar refractivity (Wildman–Crippen MR) is 79.8 cm³/mol. The predicted octanol–water partition coefficient (Wildman–Crippen LogP) is 2.08. The number of carbonyl (C=O) groups excluding carboxylic acids is 1. The fraction of sp³-hybridized carbons (Fsp3) is 0.467. The first kappa shape index (κ1) is 14.9. The molecular weight excluding hydrogens is 274 g/mol. The Kier molecular flexibility index (Phi) is 5.47. The normalized spacial score (nSPS) is 19.5. The Balaban J connectivity index is 1.87. The SMILES string of the molecule is O=C(O)C(CCc1ccccc1)NC(=O)C1CCCS1. The number of nitrogens with one attached hydrogen (secondary N) is 1. The lowest BCUT2D eigenvalue weighted by Crippen LogP contribution is -2.44. The van der Waals surface area contributed by atoms with E-state index in [2.05, 4.69) is 5.32 Å². The number of carboxylic acid groups (broad SMARTS) is 1. The van der Waals surface area contributed by atoms with Crippen molar-refractivity contribution in [2.45, 2.75) is 37.0 Å². The van der Waals surface area contributed by atoms with Crippen LogP contribution >= 0.6 is 11.8 Å². The lowest BCUT2D eigenvalue weighted by molar-refractivity contribution is -0.141. The quantitative estimate of drug-likeness (QED) is 0.843. The summed E-state index contributed by atoms with van der Waals surface area (Å²) in [5, 5.41) is 11.8. The van der Waals surface area contributed by atoms with Crippen molar-refractivity contribution in [3.8, 4) is 0 Å². The summed E-state index contributed by atoms with van der Waals surface area (Å²) in [6.07, 6.45) is 2.95. The third-order valence-electron chi connectivity index (χ3n) is 3.40. The molecule has 108 valence electrons. The number of aliphatic carboxylic acids is 1. The molecule has 1 saturated heterocycles. The van der Waals surface area contributed by atoms with Crippen molar-refractivity contribution in [2.75, 3.05) is 5.75 Å². The van der Waals surface area contributed by atoms with Crippen molar-refractivity contribution >= 4 is 23.6 Å². The van der Waals surface area contributed by atoms with Gasteiger partial charge in [-0.3, -0.25) is 4.79 Å². The van der Waals surface area contributed by atoms with Crippen LogP contribution in [0.15, 0.2) is 30.3 Å². The largest absolute Gasteiger partial charge is 0.480 e. The van der Waals surface area contributed by atoms with Gasteiger partial charge in [-0.2, -0.15) is 0 Å². The molecule has 2 atom stereocenters. The molecule has 1 aliphatic heterocycles. The standard InChI is InChI=1S/C15H19NO3S/c17-14(13-7-4-10-20-13)16-12(15(18)19)9-8-11-5-2-1-3-6-11/h1-3,5-6,12-13H,4,7-10H2,(H,16,17)(H,18,19). The van der Waals surface area contributed by atoms with E-state index in [1.54, 1.807) is 11.8 Å². The van der Waals surface area contributed by atoms with Gasteiger partial charge in [0, 0.05) is 0 Å². The average Bonchev–Trinajstić information content (AvgIpc) is 2.98. The van der Waals surface area contributed by atoms with Gasteiger partial charge in [0.1, 0.15) is 6.04 Å². The second kappa shape index (κ2) is 7.33. The molecule has 1 aromatic carbocycles. The zero-order chi connectivity index (χ0) is 14.4. The number of rotatable bonds is 6. The minimum atomic E-state index is -0.961. The minimum absolute atomic E-state index is 0.0754. The van der Waals surface area contributed by atoms with Gasteiger partial charge in [0.15, 0.2) is 0 Å². The molecule has 0 aromatic heterocycles. The second-order valence-corrected chi connectivity index (χ2v) is 6.24. The van der Waals surface area contributed by atoms with E-state index in [0.717, 1.165) is 24.2 Å². The molecule has 1 aliphatic rings. The van der Waals surface area contributed by atoms with E-state index in [1.807, 2.05) is 30.3 Å². The number of hydrogen-bond acceptors (Lipinski definition) is 3. The molecule has 1 fully saturated rings. The summed E-state index contributed by atoms with van der Waals surface area (Å²) in [6.45, 7) is 0. The smallest absolute Gasteiger partial charge is 0.326 e. The molecule has 0 spiro atoms. The van der Waals surface area contributed by atoms with Gasteiger partial charge in [-0.1, -0.05) is 30.3 Å². The summed E-state index contributed by atoms with van der Waals surface area (Å²) in [7, 11) is 0. The first-order chi connectivity index (χ1) is 9.66. The van der Waals surface area contributed by atoms with Crippen molar-refractivity contribution in [3.63, 3.8) is 0 Å². The Morgan fingerprint density at radius 2 is 2.10 bits per heavy atom. The highest BCUT2D eigenvalue weighted by atomic mass is 32.2. The van der Waals surface area contributed by atoms with Crippen LogP contribution in [0.4, 0.5) is 0 Å². The molecule has 5 heteroatoms. The molecule has 1 amide bonds. The Morgan fingerprint density at radius 1 is 1.35 bits per heavy atom. The van der Waals surface area contributed by atoms with Gasteiger partial charge in [-0.25, -0.2) is 4.79 Å². The number of benzene rings is 1. The number of thioether (sulfide) groups is 1. The summed E-state index contributed by atoms with van der Waals surface area (Å²) in [4.78, 5) is 23.2. The van der Waals surface area contributed by atoms with Crippen LogP contribution in [0.3, 0.4) is 0 Å². The maximum absolute atomic E-state index is 12.0. The van der Waals surface area contributed by atoms with Gasteiger partial charge < -0.3 is 10.4 Å². The molecule has 1 heterocycles. The maximum Gasteiger partial charge on any atom is 0.326 e. The molecule has 4 nitrogen and oxygen atoms in total. The van der Waals surface area contributed by atoms with Crippen molar-refractivity contribution in [1.29, 1.82) is 0 Å². The number of carboxylic acids is 1. The molecule has 0 bridgehead atoms. The highest BCUT2D eigenvalue weighted by Gasteiger charge is 2.27. The van der Waals surface area contributed by atoms with Gasteiger partial charge in [-0.05, 0) is 37.0 Å². The highest BCUT2D eigenvalue weighted by molar-refractivity contribution is 8.00. The van der Waals surface area contributed by atoms with Crippen LogP contribution in [0.5, 0.6) is 0 Å². The number of hydrogen-bond donors (Lipinski definition) is 2. The summed E-state index contributed by atoms with van der Waals surface area (Å²) in [6, 6.07) is 8.92. The van der Waals surface area contributed by atoms with Crippen LogP contribution in [0, 0.1) is 0 Å². The summed E-state index contributed by atoms with van der Waals surface area (Å²) in [5.41, 5.74) is 1.09.